The Balaban J connectivity index is 2.03. The monoisotopic (exact) mass is 463 g/mol. The van der Waals surface area contributed by atoms with E-state index in [1.54, 1.807) is 13.0 Å². The Kier molecular flexibility index (Phi) is 8.37. The zero-order chi connectivity index (χ0) is 24.7. The number of hydrogen-bond donors (Lipinski definition) is 0. The van der Waals surface area contributed by atoms with Gasteiger partial charge < -0.3 is 9.57 Å². The summed E-state index contributed by atoms with van der Waals surface area (Å²) in [6, 6.07) is 14.2. The van der Waals surface area contributed by atoms with Gasteiger partial charge >= 0.3 is 11.9 Å². The zero-order valence-electron chi connectivity index (χ0n) is 20.5. The molecule has 6 nitrogen and oxygen atoms in total. The third kappa shape index (κ3) is 5.11. The van der Waals surface area contributed by atoms with Crippen LogP contribution in [0.15, 0.2) is 47.6 Å². The maximum absolute atomic E-state index is 13.5. The lowest BCUT2D eigenvalue weighted by molar-refractivity contribution is -0.143. The molecule has 0 heterocycles. The number of rotatable bonds is 11. The molecule has 2 aromatic rings. The van der Waals surface area contributed by atoms with Gasteiger partial charge in [-0.1, -0.05) is 68.2 Å². The minimum atomic E-state index is -0.629. The van der Waals surface area contributed by atoms with Crippen molar-refractivity contribution in [1.82, 2.24) is 0 Å². The molecule has 1 aliphatic rings. The fraction of sp³-hybridized carbons (Fsp3) is 0.429. The van der Waals surface area contributed by atoms with Crippen LogP contribution in [0.3, 0.4) is 0 Å². The number of nitrogens with zero attached hydrogens (tertiary/aromatic N) is 1. The first-order valence-electron chi connectivity index (χ1n) is 12.1. The Bertz CT molecular complexity index is 1100. The molecule has 0 saturated carbocycles. The van der Waals surface area contributed by atoms with Gasteiger partial charge in [-0.2, -0.15) is 0 Å². The average molecular weight is 464 g/mol. The van der Waals surface area contributed by atoms with Gasteiger partial charge in [0.1, 0.15) is 5.71 Å². The number of ketones is 1. The number of esters is 1. The van der Waals surface area contributed by atoms with Crippen LogP contribution in [0.25, 0.3) is 11.1 Å². The highest BCUT2D eigenvalue weighted by Gasteiger charge is 2.42. The first-order valence-corrected chi connectivity index (χ1v) is 12.1. The summed E-state index contributed by atoms with van der Waals surface area (Å²) >= 11 is 0. The van der Waals surface area contributed by atoms with E-state index in [1.807, 2.05) is 12.1 Å². The van der Waals surface area contributed by atoms with Gasteiger partial charge in [-0.3, -0.25) is 9.59 Å². The van der Waals surface area contributed by atoms with Crippen LogP contribution in [0.1, 0.15) is 87.7 Å². The standard InChI is InChI=1S/C28H33NO5/c1-5-16-28(17-6-2)23-11-9-8-10-21(23)22-13-12-20(18-24(22)28)27(32)25(29-34-19(4)30)14-15-26(31)33-7-3/h8-13,18H,5-7,14-17H2,1-4H3/b29-25+. The van der Waals surface area contributed by atoms with E-state index in [0.717, 1.165) is 36.8 Å². The van der Waals surface area contributed by atoms with Crippen LogP contribution in [-0.4, -0.2) is 30.0 Å². The number of benzene rings is 2. The summed E-state index contributed by atoms with van der Waals surface area (Å²) in [5.41, 5.74) is 5.18. The molecule has 0 unspecified atom stereocenters. The predicted octanol–water partition coefficient (Wildman–Crippen LogP) is 6.00. The number of hydrogen-bond acceptors (Lipinski definition) is 6. The van der Waals surface area contributed by atoms with Crippen LogP contribution in [0, 0.1) is 0 Å². The first kappa shape index (κ1) is 25.3. The van der Waals surface area contributed by atoms with Gasteiger partial charge in [0.15, 0.2) is 0 Å². The van der Waals surface area contributed by atoms with Crippen molar-refractivity contribution in [3.05, 3.63) is 59.2 Å². The number of fused-ring (bicyclic) bond motifs is 3. The summed E-state index contributed by atoms with van der Waals surface area (Å²) in [4.78, 5) is 41.4. The normalized spacial score (nSPS) is 13.7. The van der Waals surface area contributed by atoms with Crippen molar-refractivity contribution in [3.63, 3.8) is 0 Å². The minimum absolute atomic E-state index is 0.0222. The third-order valence-corrected chi connectivity index (χ3v) is 6.30. The molecule has 0 saturated heterocycles. The molecule has 1 aliphatic carbocycles. The Labute approximate surface area is 201 Å². The quantitative estimate of drug-likeness (QED) is 0.134. The van der Waals surface area contributed by atoms with Gasteiger partial charge in [0, 0.05) is 24.3 Å². The Morgan fingerprint density at radius 1 is 0.882 bits per heavy atom. The molecule has 180 valence electrons. The lowest BCUT2D eigenvalue weighted by Crippen LogP contribution is -2.25. The average Bonchev–Trinajstić information content (AvgIpc) is 3.09. The fourth-order valence-electron chi connectivity index (χ4n) is 5.05. The lowest BCUT2D eigenvalue weighted by atomic mass is 9.71. The third-order valence-electron chi connectivity index (χ3n) is 6.30. The molecule has 0 spiro atoms. The molecule has 0 radical (unpaired) electrons. The summed E-state index contributed by atoms with van der Waals surface area (Å²) < 4.78 is 4.97. The molecular weight excluding hydrogens is 430 g/mol. The summed E-state index contributed by atoms with van der Waals surface area (Å²) in [7, 11) is 0. The smallest absolute Gasteiger partial charge is 0.331 e. The molecule has 6 heteroatoms. The van der Waals surface area contributed by atoms with E-state index in [2.05, 4.69) is 43.3 Å². The summed E-state index contributed by atoms with van der Waals surface area (Å²) in [6.07, 6.45) is 4.01. The van der Waals surface area contributed by atoms with E-state index in [0.29, 0.717) is 5.56 Å². The van der Waals surface area contributed by atoms with Gasteiger partial charge in [-0.15, -0.1) is 0 Å². The molecule has 2 aromatic carbocycles. The Morgan fingerprint density at radius 3 is 2.21 bits per heavy atom. The van der Waals surface area contributed by atoms with Crippen molar-refractivity contribution < 1.29 is 24.0 Å². The Hall–Kier alpha value is -3.28. The Morgan fingerprint density at radius 2 is 1.56 bits per heavy atom. The van der Waals surface area contributed by atoms with E-state index < -0.39 is 11.9 Å². The van der Waals surface area contributed by atoms with E-state index >= 15 is 0 Å². The van der Waals surface area contributed by atoms with Crippen molar-refractivity contribution >= 4 is 23.4 Å². The van der Waals surface area contributed by atoms with Crippen LogP contribution >= 0.6 is 0 Å². The van der Waals surface area contributed by atoms with Gasteiger partial charge in [0.25, 0.3) is 0 Å². The molecule has 0 atom stereocenters. The highest BCUT2D eigenvalue weighted by Crippen LogP contribution is 2.53. The van der Waals surface area contributed by atoms with Crippen LogP contribution in [-0.2, 0) is 24.6 Å². The summed E-state index contributed by atoms with van der Waals surface area (Å²) in [5, 5.41) is 3.78. The SMILES string of the molecule is CCCC1(CCC)c2ccccc2-c2ccc(C(=O)/C(CCC(=O)OCC)=N/OC(C)=O)cc21. The molecule has 0 aliphatic heterocycles. The largest absolute Gasteiger partial charge is 0.466 e. The molecule has 0 bridgehead atoms. The predicted molar refractivity (Wildman–Crippen MR) is 132 cm³/mol. The highest BCUT2D eigenvalue weighted by atomic mass is 16.7. The van der Waals surface area contributed by atoms with Crippen molar-refractivity contribution in [1.29, 1.82) is 0 Å². The van der Waals surface area contributed by atoms with Crippen molar-refractivity contribution in [2.45, 2.75) is 71.6 Å². The second-order valence-electron chi connectivity index (χ2n) is 8.64. The van der Waals surface area contributed by atoms with E-state index in [-0.39, 0.29) is 36.4 Å². The second-order valence-corrected chi connectivity index (χ2v) is 8.64. The number of carbonyl (C=O) groups excluding carboxylic acids is 3. The van der Waals surface area contributed by atoms with Crippen LogP contribution in [0.4, 0.5) is 0 Å². The topological polar surface area (TPSA) is 82.0 Å². The van der Waals surface area contributed by atoms with Gasteiger partial charge in [0.2, 0.25) is 5.78 Å². The fourth-order valence-corrected chi connectivity index (χ4v) is 5.05. The molecule has 0 aromatic heterocycles. The molecule has 3 rings (SSSR count). The van der Waals surface area contributed by atoms with Crippen molar-refractivity contribution in [2.24, 2.45) is 5.16 Å². The summed E-state index contributed by atoms with van der Waals surface area (Å²) in [5.74, 6) is -1.41. The maximum atomic E-state index is 13.5. The molecular formula is C28H33NO5. The number of carbonyl (C=O) groups is 3. The van der Waals surface area contributed by atoms with Crippen LogP contribution < -0.4 is 0 Å². The van der Waals surface area contributed by atoms with E-state index in [9.17, 15) is 14.4 Å². The van der Waals surface area contributed by atoms with Crippen LogP contribution in [0.5, 0.6) is 0 Å². The van der Waals surface area contributed by atoms with E-state index in [1.165, 1.54) is 18.1 Å². The summed E-state index contributed by atoms with van der Waals surface area (Å²) in [6.45, 7) is 7.57. The molecule has 34 heavy (non-hydrogen) atoms. The second kappa shape index (κ2) is 11.2. The molecule has 0 fully saturated rings. The van der Waals surface area contributed by atoms with Crippen LogP contribution in [0.2, 0.25) is 0 Å². The number of Topliss-reactive ketones (excluding diaryl/α,β-unsaturated/α-hetero) is 1. The number of oxime groups is 1. The van der Waals surface area contributed by atoms with Gasteiger partial charge in [-0.25, -0.2) is 4.79 Å². The van der Waals surface area contributed by atoms with Crippen molar-refractivity contribution in [2.75, 3.05) is 6.61 Å². The maximum Gasteiger partial charge on any atom is 0.331 e. The minimum Gasteiger partial charge on any atom is -0.466 e. The van der Waals surface area contributed by atoms with E-state index in [4.69, 9.17) is 9.57 Å². The highest BCUT2D eigenvalue weighted by molar-refractivity contribution is 6.46. The van der Waals surface area contributed by atoms with Gasteiger partial charge in [0.05, 0.1) is 13.0 Å². The first-order chi connectivity index (χ1) is 16.4. The zero-order valence-corrected chi connectivity index (χ0v) is 20.5. The number of ether oxygens (including phenoxy) is 1. The van der Waals surface area contributed by atoms with Gasteiger partial charge in [-0.05, 0) is 48.1 Å². The molecule has 0 N–H and O–H groups in total. The molecule has 0 amide bonds. The lowest BCUT2D eigenvalue weighted by Gasteiger charge is -2.32. The van der Waals surface area contributed by atoms with Crippen molar-refractivity contribution in [3.8, 4) is 11.1 Å².